The van der Waals surface area contributed by atoms with Gasteiger partial charge in [-0.1, -0.05) is 0 Å². The van der Waals surface area contributed by atoms with Crippen molar-refractivity contribution in [2.75, 3.05) is 14.2 Å². The van der Waals surface area contributed by atoms with Gasteiger partial charge in [-0.2, -0.15) is 0 Å². The van der Waals surface area contributed by atoms with Crippen LogP contribution in [0.4, 0.5) is 4.39 Å². The van der Waals surface area contributed by atoms with Crippen LogP contribution >= 0.6 is 0 Å². The van der Waals surface area contributed by atoms with E-state index in [9.17, 15) is 17.6 Å². The molecule has 0 saturated carbocycles. The quantitative estimate of drug-likeness (QED) is 0.750. The first-order valence-electron chi connectivity index (χ1n) is 7.32. The number of benzene rings is 1. The third-order valence-corrected chi connectivity index (χ3v) is 5.17. The highest BCUT2D eigenvalue weighted by molar-refractivity contribution is 7.89. The van der Waals surface area contributed by atoms with Crippen molar-refractivity contribution in [1.29, 1.82) is 0 Å². The van der Waals surface area contributed by atoms with Gasteiger partial charge >= 0.3 is 5.97 Å². The molecule has 1 aromatic carbocycles. The van der Waals surface area contributed by atoms with E-state index in [1.807, 2.05) is 0 Å². The number of ether oxygens (including phenoxy) is 2. The van der Waals surface area contributed by atoms with Gasteiger partial charge in [0.1, 0.15) is 10.7 Å². The molecule has 2 rings (SSSR count). The summed E-state index contributed by atoms with van der Waals surface area (Å²) in [4.78, 5) is 14.4. The molecule has 0 aliphatic heterocycles. The lowest BCUT2D eigenvalue weighted by Gasteiger charge is -2.18. The van der Waals surface area contributed by atoms with Crippen molar-refractivity contribution >= 4 is 16.0 Å². The SMILES string of the molecule is COc1cc(F)c(C(C)NS(=O)(=O)c2cnccc2C(=O)O)cc1OC. The first-order chi connectivity index (χ1) is 12.2. The molecule has 1 unspecified atom stereocenters. The molecule has 1 atom stereocenters. The summed E-state index contributed by atoms with van der Waals surface area (Å²) in [6.45, 7) is 1.42. The number of hydrogen-bond acceptors (Lipinski definition) is 6. The number of carbonyl (C=O) groups is 1. The fourth-order valence-electron chi connectivity index (χ4n) is 2.33. The predicted octanol–water partition coefficient (Wildman–Crippen LogP) is 1.98. The summed E-state index contributed by atoms with van der Waals surface area (Å²) in [5, 5.41) is 9.14. The average molecular weight is 384 g/mol. The van der Waals surface area contributed by atoms with Crippen molar-refractivity contribution in [3.63, 3.8) is 0 Å². The number of halogens is 1. The number of aromatic nitrogens is 1. The van der Waals surface area contributed by atoms with Gasteiger partial charge in [0.25, 0.3) is 0 Å². The van der Waals surface area contributed by atoms with Gasteiger partial charge < -0.3 is 14.6 Å². The van der Waals surface area contributed by atoms with Crippen LogP contribution in [-0.4, -0.2) is 38.7 Å². The number of nitrogens with one attached hydrogen (secondary N) is 1. The van der Waals surface area contributed by atoms with Gasteiger partial charge in [0.15, 0.2) is 11.5 Å². The summed E-state index contributed by atoms with van der Waals surface area (Å²) in [7, 11) is -1.56. The lowest BCUT2D eigenvalue weighted by Crippen LogP contribution is -2.29. The number of carboxylic acid groups (broad SMARTS) is 1. The topological polar surface area (TPSA) is 115 Å². The second-order valence-electron chi connectivity index (χ2n) is 5.25. The van der Waals surface area contributed by atoms with Crippen LogP contribution in [0.3, 0.4) is 0 Å². The lowest BCUT2D eigenvalue weighted by molar-refractivity contribution is 0.0692. The molecule has 140 valence electrons. The van der Waals surface area contributed by atoms with E-state index in [-0.39, 0.29) is 17.1 Å². The molecule has 0 radical (unpaired) electrons. The normalized spacial score (nSPS) is 12.5. The van der Waals surface area contributed by atoms with E-state index in [2.05, 4.69) is 9.71 Å². The second-order valence-corrected chi connectivity index (χ2v) is 6.93. The number of sulfonamides is 1. The zero-order valence-electron chi connectivity index (χ0n) is 14.2. The van der Waals surface area contributed by atoms with E-state index >= 15 is 0 Å². The second kappa shape index (κ2) is 7.67. The van der Waals surface area contributed by atoms with Crippen molar-refractivity contribution in [2.45, 2.75) is 17.9 Å². The van der Waals surface area contributed by atoms with Crippen LogP contribution in [0, 0.1) is 5.82 Å². The van der Waals surface area contributed by atoms with Gasteiger partial charge in [-0.15, -0.1) is 0 Å². The minimum atomic E-state index is -4.27. The molecule has 10 heteroatoms. The Balaban J connectivity index is 2.41. The van der Waals surface area contributed by atoms with Crippen LogP contribution in [0.1, 0.15) is 28.9 Å². The number of pyridine rings is 1. The molecule has 26 heavy (non-hydrogen) atoms. The van der Waals surface area contributed by atoms with E-state index in [0.29, 0.717) is 0 Å². The summed E-state index contributed by atoms with van der Waals surface area (Å²) < 4.78 is 51.7. The van der Waals surface area contributed by atoms with Crippen molar-refractivity contribution in [2.24, 2.45) is 0 Å². The lowest BCUT2D eigenvalue weighted by atomic mass is 10.1. The van der Waals surface area contributed by atoms with E-state index in [1.165, 1.54) is 33.4 Å². The summed E-state index contributed by atoms with van der Waals surface area (Å²) in [6, 6.07) is 2.44. The van der Waals surface area contributed by atoms with Crippen molar-refractivity contribution < 1.29 is 32.2 Å². The summed E-state index contributed by atoms with van der Waals surface area (Å²) >= 11 is 0. The molecule has 0 spiro atoms. The Labute approximate surface area is 149 Å². The summed E-state index contributed by atoms with van der Waals surface area (Å²) in [5.41, 5.74) is -0.431. The largest absolute Gasteiger partial charge is 0.493 e. The molecule has 8 nitrogen and oxygen atoms in total. The molecule has 0 bridgehead atoms. The Morgan fingerprint density at radius 2 is 1.88 bits per heavy atom. The van der Waals surface area contributed by atoms with Gasteiger partial charge in [-0.05, 0) is 19.1 Å². The summed E-state index contributed by atoms with van der Waals surface area (Å²) in [6.07, 6.45) is 2.09. The molecule has 0 amide bonds. The third kappa shape index (κ3) is 3.92. The Morgan fingerprint density at radius 1 is 1.27 bits per heavy atom. The molecule has 0 saturated heterocycles. The van der Waals surface area contributed by atoms with Crippen LogP contribution in [-0.2, 0) is 10.0 Å². The standard InChI is InChI=1S/C16H17FN2O6S/c1-9(11-6-13(24-2)14(25-3)7-12(11)17)19-26(22,23)15-8-18-5-4-10(15)16(20)21/h4-9,19H,1-3H3,(H,20,21). The van der Waals surface area contributed by atoms with Crippen LogP contribution < -0.4 is 14.2 Å². The van der Waals surface area contributed by atoms with Crippen LogP contribution in [0.2, 0.25) is 0 Å². The monoisotopic (exact) mass is 384 g/mol. The molecule has 0 aliphatic carbocycles. The number of methoxy groups -OCH3 is 2. The molecule has 0 aliphatic rings. The van der Waals surface area contributed by atoms with E-state index in [1.54, 1.807) is 0 Å². The third-order valence-electron chi connectivity index (χ3n) is 3.61. The van der Waals surface area contributed by atoms with Gasteiger partial charge in [0.05, 0.1) is 19.8 Å². The van der Waals surface area contributed by atoms with E-state index in [4.69, 9.17) is 14.6 Å². The number of carboxylic acids is 1. The highest BCUT2D eigenvalue weighted by Crippen LogP contribution is 2.33. The average Bonchev–Trinajstić information content (AvgIpc) is 2.60. The minimum Gasteiger partial charge on any atom is -0.493 e. The fourth-order valence-corrected chi connectivity index (χ4v) is 3.70. The Bertz CT molecular complexity index is 932. The Hall–Kier alpha value is -2.72. The summed E-state index contributed by atoms with van der Waals surface area (Å²) in [5.74, 6) is -1.74. The van der Waals surface area contributed by atoms with Crippen molar-refractivity contribution in [1.82, 2.24) is 9.71 Å². The van der Waals surface area contributed by atoms with Gasteiger partial charge in [0, 0.05) is 30.1 Å². The molecular formula is C16H17FN2O6S. The van der Waals surface area contributed by atoms with Crippen molar-refractivity contribution in [3.05, 3.63) is 47.5 Å². The predicted molar refractivity (Wildman–Crippen MR) is 89.4 cm³/mol. The first-order valence-corrected chi connectivity index (χ1v) is 8.80. The van der Waals surface area contributed by atoms with Gasteiger partial charge in [-0.3, -0.25) is 4.98 Å². The highest BCUT2D eigenvalue weighted by Gasteiger charge is 2.26. The van der Waals surface area contributed by atoms with E-state index < -0.39 is 38.3 Å². The molecule has 2 aromatic rings. The van der Waals surface area contributed by atoms with Gasteiger partial charge in [-0.25, -0.2) is 22.3 Å². The highest BCUT2D eigenvalue weighted by atomic mass is 32.2. The molecule has 0 fully saturated rings. The molecule has 2 N–H and O–H groups in total. The number of aromatic carboxylic acids is 1. The Kier molecular flexibility index (Phi) is 5.78. The van der Waals surface area contributed by atoms with Gasteiger partial charge in [0.2, 0.25) is 10.0 Å². The van der Waals surface area contributed by atoms with Crippen LogP contribution in [0.15, 0.2) is 35.5 Å². The molecule has 1 heterocycles. The Morgan fingerprint density at radius 3 is 2.46 bits per heavy atom. The number of rotatable bonds is 7. The zero-order chi connectivity index (χ0) is 19.5. The van der Waals surface area contributed by atoms with E-state index in [0.717, 1.165) is 18.3 Å². The maximum Gasteiger partial charge on any atom is 0.337 e. The maximum atomic E-state index is 14.3. The maximum absolute atomic E-state index is 14.3. The minimum absolute atomic E-state index is 0.00647. The number of nitrogens with zero attached hydrogens (tertiary/aromatic N) is 1. The first kappa shape index (κ1) is 19.6. The molecule has 1 aromatic heterocycles. The fraction of sp³-hybridized carbons (Fsp3) is 0.250. The smallest absolute Gasteiger partial charge is 0.337 e. The molecular weight excluding hydrogens is 367 g/mol. The van der Waals surface area contributed by atoms with Crippen molar-refractivity contribution in [3.8, 4) is 11.5 Å². The zero-order valence-corrected chi connectivity index (χ0v) is 15.0. The van der Waals surface area contributed by atoms with Crippen LogP contribution in [0.5, 0.6) is 11.5 Å². The van der Waals surface area contributed by atoms with Crippen LogP contribution in [0.25, 0.3) is 0 Å². The number of hydrogen-bond donors (Lipinski definition) is 2.